The van der Waals surface area contributed by atoms with E-state index in [2.05, 4.69) is 19.2 Å². The maximum atomic E-state index is 11.6. The molecule has 0 aromatic carbocycles. The first-order valence-electron chi connectivity index (χ1n) is 5.09. The van der Waals surface area contributed by atoms with E-state index >= 15 is 0 Å². The number of hydrogen-bond donors (Lipinski definition) is 1. The van der Waals surface area contributed by atoms with E-state index in [4.69, 9.17) is 4.74 Å². The largest absolute Gasteiger partial charge is 0.368 e. The fraction of sp³-hybridized carbons (Fsp3) is 0.900. The number of carbonyl (C=O) groups excluding carboxylic acids is 1. The van der Waals surface area contributed by atoms with Crippen molar-refractivity contribution in [3.05, 3.63) is 0 Å². The zero-order valence-corrected chi connectivity index (χ0v) is 8.51. The second-order valence-electron chi connectivity index (χ2n) is 3.75. The fourth-order valence-corrected chi connectivity index (χ4v) is 1.39. The van der Waals surface area contributed by atoms with Gasteiger partial charge in [-0.15, -0.1) is 0 Å². The SMILES string of the molecule is CCC(C)CC(=O)C1CNCCO1. The van der Waals surface area contributed by atoms with E-state index in [0.717, 1.165) is 13.0 Å². The van der Waals surface area contributed by atoms with Crippen molar-refractivity contribution in [2.75, 3.05) is 19.7 Å². The molecule has 0 spiro atoms. The van der Waals surface area contributed by atoms with Gasteiger partial charge in [0.1, 0.15) is 6.10 Å². The van der Waals surface area contributed by atoms with Crippen molar-refractivity contribution < 1.29 is 9.53 Å². The average molecular weight is 185 g/mol. The van der Waals surface area contributed by atoms with Crippen molar-refractivity contribution in [1.29, 1.82) is 0 Å². The second-order valence-corrected chi connectivity index (χ2v) is 3.75. The summed E-state index contributed by atoms with van der Waals surface area (Å²) in [5.74, 6) is 0.736. The van der Waals surface area contributed by atoms with Gasteiger partial charge in [0.15, 0.2) is 5.78 Å². The lowest BCUT2D eigenvalue weighted by Gasteiger charge is -2.23. The Kier molecular flexibility index (Phi) is 4.39. The molecule has 13 heavy (non-hydrogen) atoms. The third kappa shape index (κ3) is 3.44. The van der Waals surface area contributed by atoms with Crippen LogP contribution in [0, 0.1) is 5.92 Å². The highest BCUT2D eigenvalue weighted by molar-refractivity contribution is 5.83. The summed E-state index contributed by atoms with van der Waals surface area (Å²) in [4.78, 5) is 11.6. The summed E-state index contributed by atoms with van der Waals surface area (Å²) in [5, 5.41) is 3.16. The maximum absolute atomic E-state index is 11.6. The van der Waals surface area contributed by atoms with Gasteiger partial charge < -0.3 is 10.1 Å². The lowest BCUT2D eigenvalue weighted by molar-refractivity contribution is -0.132. The Morgan fingerprint density at radius 3 is 3.00 bits per heavy atom. The molecule has 3 nitrogen and oxygen atoms in total. The van der Waals surface area contributed by atoms with Crippen molar-refractivity contribution in [2.45, 2.75) is 32.8 Å². The molecular formula is C10H19NO2. The molecule has 76 valence electrons. The monoisotopic (exact) mass is 185 g/mol. The van der Waals surface area contributed by atoms with Gasteiger partial charge >= 0.3 is 0 Å². The molecule has 2 atom stereocenters. The van der Waals surface area contributed by atoms with Crippen molar-refractivity contribution in [3.8, 4) is 0 Å². The van der Waals surface area contributed by atoms with Crippen LogP contribution in [0.5, 0.6) is 0 Å². The highest BCUT2D eigenvalue weighted by Gasteiger charge is 2.22. The summed E-state index contributed by atoms with van der Waals surface area (Å²) < 4.78 is 5.37. The van der Waals surface area contributed by atoms with Crippen molar-refractivity contribution in [3.63, 3.8) is 0 Å². The van der Waals surface area contributed by atoms with Gasteiger partial charge in [-0.1, -0.05) is 20.3 Å². The van der Waals surface area contributed by atoms with Crippen molar-refractivity contribution in [1.82, 2.24) is 5.32 Å². The second kappa shape index (κ2) is 5.35. The van der Waals surface area contributed by atoms with Crippen LogP contribution in [0.1, 0.15) is 26.7 Å². The summed E-state index contributed by atoms with van der Waals surface area (Å²) in [7, 11) is 0. The molecule has 1 fully saturated rings. The Hall–Kier alpha value is -0.410. The van der Waals surface area contributed by atoms with Crippen LogP contribution in [0.25, 0.3) is 0 Å². The normalized spacial score (nSPS) is 25.5. The zero-order valence-electron chi connectivity index (χ0n) is 8.51. The number of rotatable bonds is 4. The molecule has 0 radical (unpaired) electrons. The number of carbonyl (C=O) groups is 1. The molecule has 1 heterocycles. The molecule has 0 bridgehead atoms. The van der Waals surface area contributed by atoms with E-state index < -0.39 is 0 Å². The summed E-state index contributed by atoms with van der Waals surface area (Å²) in [6, 6.07) is 0. The fourth-order valence-electron chi connectivity index (χ4n) is 1.39. The number of Topliss-reactive ketones (excluding diaryl/α,β-unsaturated/α-hetero) is 1. The quantitative estimate of drug-likeness (QED) is 0.709. The smallest absolute Gasteiger partial charge is 0.163 e. The summed E-state index contributed by atoms with van der Waals surface area (Å²) in [6.07, 6.45) is 1.53. The van der Waals surface area contributed by atoms with Crippen LogP contribution in [0.15, 0.2) is 0 Å². The van der Waals surface area contributed by atoms with E-state index in [9.17, 15) is 4.79 Å². The van der Waals surface area contributed by atoms with E-state index in [1.807, 2.05) is 0 Å². The summed E-state index contributed by atoms with van der Waals surface area (Å²) in [6.45, 7) is 6.44. The minimum Gasteiger partial charge on any atom is -0.368 e. The number of hydrogen-bond acceptors (Lipinski definition) is 3. The molecule has 0 saturated carbocycles. The van der Waals surface area contributed by atoms with Crippen LogP contribution in [-0.2, 0) is 9.53 Å². The van der Waals surface area contributed by atoms with E-state index in [1.54, 1.807) is 0 Å². The van der Waals surface area contributed by atoms with Crippen LogP contribution in [0.3, 0.4) is 0 Å². The molecule has 1 saturated heterocycles. The predicted molar refractivity (Wildman–Crippen MR) is 51.7 cm³/mol. The van der Waals surface area contributed by atoms with Crippen LogP contribution in [0.4, 0.5) is 0 Å². The van der Waals surface area contributed by atoms with Crippen LogP contribution in [0.2, 0.25) is 0 Å². The zero-order chi connectivity index (χ0) is 9.68. The average Bonchev–Trinajstić information content (AvgIpc) is 2.19. The van der Waals surface area contributed by atoms with Crippen LogP contribution in [-0.4, -0.2) is 31.6 Å². The molecule has 0 aliphatic carbocycles. The molecular weight excluding hydrogens is 166 g/mol. The topological polar surface area (TPSA) is 38.3 Å². The summed E-state index contributed by atoms with van der Waals surface area (Å²) >= 11 is 0. The van der Waals surface area contributed by atoms with E-state index in [-0.39, 0.29) is 11.9 Å². The van der Waals surface area contributed by atoms with Crippen molar-refractivity contribution >= 4 is 5.78 Å². The summed E-state index contributed by atoms with van der Waals surface area (Å²) in [5.41, 5.74) is 0. The predicted octanol–water partition coefficient (Wildman–Crippen LogP) is 0.980. The van der Waals surface area contributed by atoms with Gasteiger partial charge in [0.05, 0.1) is 6.61 Å². The van der Waals surface area contributed by atoms with Crippen molar-refractivity contribution in [2.24, 2.45) is 5.92 Å². The molecule has 0 aromatic heterocycles. The standard InChI is InChI=1S/C10H19NO2/c1-3-8(2)6-9(12)10-7-11-4-5-13-10/h8,10-11H,3-7H2,1-2H3. The third-order valence-electron chi connectivity index (χ3n) is 2.53. The van der Waals surface area contributed by atoms with E-state index in [0.29, 0.717) is 25.5 Å². The van der Waals surface area contributed by atoms with E-state index in [1.165, 1.54) is 0 Å². The van der Waals surface area contributed by atoms with Gasteiger partial charge in [-0.3, -0.25) is 4.79 Å². The lowest BCUT2D eigenvalue weighted by Crippen LogP contribution is -2.43. The number of morpholine rings is 1. The van der Waals surface area contributed by atoms with Gasteiger partial charge in [-0.05, 0) is 5.92 Å². The third-order valence-corrected chi connectivity index (χ3v) is 2.53. The van der Waals surface area contributed by atoms with Gasteiger partial charge in [0, 0.05) is 19.5 Å². The Morgan fingerprint density at radius 2 is 2.46 bits per heavy atom. The Labute approximate surface area is 79.8 Å². The van der Waals surface area contributed by atoms with Gasteiger partial charge in [0.2, 0.25) is 0 Å². The van der Waals surface area contributed by atoms with Gasteiger partial charge in [-0.2, -0.15) is 0 Å². The van der Waals surface area contributed by atoms with Gasteiger partial charge in [0.25, 0.3) is 0 Å². The highest BCUT2D eigenvalue weighted by atomic mass is 16.5. The molecule has 1 N–H and O–H groups in total. The Morgan fingerprint density at radius 1 is 1.69 bits per heavy atom. The van der Waals surface area contributed by atoms with Crippen LogP contribution < -0.4 is 5.32 Å². The first kappa shape index (κ1) is 10.7. The molecule has 0 amide bonds. The number of nitrogens with one attached hydrogen (secondary N) is 1. The number of ether oxygens (including phenoxy) is 1. The Bertz CT molecular complexity index is 164. The van der Waals surface area contributed by atoms with Crippen LogP contribution >= 0.6 is 0 Å². The minimum absolute atomic E-state index is 0.192. The minimum atomic E-state index is -0.192. The molecule has 1 aliphatic rings. The molecule has 1 rings (SSSR count). The maximum Gasteiger partial charge on any atom is 0.163 e. The Balaban J connectivity index is 2.29. The number of ketones is 1. The lowest BCUT2D eigenvalue weighted by atomic mass is 9.99. The molecule has 2 unspecified atom stereocenters. The first-order chi connectivity index (χ1) is 6.24. The first-order valence-corrected chi connectivity index (χ1v) is 5.09. The highest BCUT2D eigenvalue weighted by Crippen LogP contribution is 2.10. The molecule has 1 aliphatic heterocycles. The molecule has 0 aromatic rings. The van der Waals surface area contributed by atoms with Gasteiger partial charge in [-0.25, -0.2) is 0 Å². The molecule has 3 heteroatoms.